The van der Waals surface area contributed by atoms with Gasteiger partial charge in [-0.05, 0) is 37.5 Å². The smallest absolute Gasteiger partial charge is 0.254 e. The van der Waals surface area contributed by atoms with Crippen LogP contribution in [0.2, 0.25) is 0 Å². The summed E-state index contributed by atoms with van der Waals surface area (Å²) >= 11 is 0. The van der Waals surface area contributed by atoms with Gasteiger partial charge in [0.2, 0.25) is 0 Å². The summed E-state index contributed by atoms with van der Waals surface area (Å²) in [5.74, 6) is 2.41. The zero-order valence-corrected chi connectivity index (χ0v) is 14.4. The maximum absolute atomic E-state index is 6.09. The molecule has 3 rings (SSSR count). The summed E-state index contributed by atoms with van der Waals surface area (Å²) in [6.07, 6.45) is 3.36. The van der Waals surface area contributed by atoms with Gasteiger partial charge in [0.15, 0.2) is 0 Å². The van der Waals surface area contributed by atoms with Crippen LogP contribution in [0.15, 0.2) is 36.7 Å². The first-order valence-corrected chi connectivity index (χ1v) is 8.36. The van der Waals surface area contributed by atoms with Gasteiger partial charge in [-0.25, -0.2) is 4.98 Å². The highest BCUT2D eigenvalue weighted by Crippen LogP contribution is 2.17. The molecule has 126 valence electrons. The molecule has 1 aromatic carbocycles. The second kappa shape index (κ2) is 7.29. The molecule has 0 aliphatic heterocycles. The van der Waals surface area contributed by atoms with Crippen molar-refractivity contribution in [3.63, 3.8) is 0 Å². The summed E-state index contributed by atoms with van der Waals surface area (Å²) in [5, 5.41) is 7.66. The van der Waals surface area contributed by atoms with Crippen LogP contribution in [-0.4, -0.2) is 32.2 Å². The maximum Gasteiger partial charge on any atom is 0.254 e. The SMILES string of the molecule is CCc1cc(NCC(CC)Oc2cccc(C)c2)n2ncnc2n1. The van der Waals surface area contributed by atoms with Crippen LogP contribution in [0.3, 0.4) is 0 Å². The van der Waals surface area contributed by atoms with Crippen LogP contribution in [0, 0.1) is 6.92 Å². The number of aromatic nitrogens is 4. The quantitative estimate of drug-likeness (QED) is 0.722. The first-order valence-electron chi connectivity index (χ1n) is 8.36. The van der Waals surface area contributed by atoms with Gasteiger partial charge in [0, 0.05) is 11.8 Å². The number of fused-ring (bicyclic) bond motifs is 1. The fourth-order valence-corrected chi connectivity index (χ4v) is 2.54. The van der Waals surface area contributed by atoms with E-state index in [1.165, 1.54) is 11.9 Å². The second-order valence-corrected chi connectivity index (χ2v) is 5.80. The Morgan fingerprint density at radius 3 is 2.88 bits per heavy atom. The van der Waals surface area contributed by atoms with E-state index in [1.54, 1.807) is 4.52 Å². The predicted molar refractivity (Wildman–Crippen MR) is 94.5 cm³/mol. The van der Waals surface area contributed by atoms with Crippen molar-refractivity contribution in [1.82, 2.24) is 19.6 Å². The number of nitrogens with zero attached hydrogens (tertiary/aromatic N) is 4. The molecule has 3 aromatic rings. The summed E-state index contributed by atoms with van der Waals surface area (Å²) in [6.45, 7) is 6.95. The zero-order valence-electron chi connectivity index (χ0n) is 14.4. The van der Waals surface area contributed by atoms with Crippen LogP contribution in [0.1, 0.15) is 31.5 Å². The lowest BCUT2D eigenvalue weighted by molar-refractivity contribution is 0.209. The highest BCUT2D eigenvalue weighted by molar-refractivity contribution is 5.45. The van der Waals surface area contributed by atoms with Gasteiger partial charge in [-0.1, -0.05) is 26.0 Å². The third-order valence-corrected chi connectivity index (χ3v) is 3.93. The Bertz CT molecular complexity index is 814. The molecule has 0 radical (unpaired) electrons. The topological polar surface area (TPSA) is 64.3 Å². The summed E-state index contributed by atoms with van der Waals surface area (Å²) in [5.41, 5.74) is 2.19. The van der Waals surface area contributed by atoms with Crippen molar-refractivity contribution in [2.45, 2.75) is 39.7 Å². The van der Waals surface area contributed by atoms with Crippen molar-refractivity contribution in [2.75, 3.05) is 11.9 Å². The van der Waals surface area contributed by atoms with Gasteiger partial charge >= 0.3 is 0 Å². The molecule has 0 fully saturated rings. The number of rotatable bonds is 7. The van der Waals surface area contributed by atoms with Crippen LogP contribution in [-0.2, 0) is 6.42 Å². The maximum atomic E-state index is 6.09. The fraction of sp³-hybridized carbons (Fsp3) is 0.389. The van der Waals surface area contributed by atoms with Gasteiger partial charge in [0.05, 0.1) is 6.54 Å². The van der Waals surface area contributed by atoms with Crippen LogP contribution in [0.5, 0.6) is 5.75 Å². The average Bonchev–Trinajstić information content (AvgIpc) is 3.06. The zero-order chi connectivity index (χ0) is 16.9. The normalized spacial score (nSPS) is 12.3. The third kappa shape index (κ3) is 3.64. The van der Waals surface area contributed by atoms with Crippen molar-refractivity contribution < 1.29 is 4.74 Å². The molecule has 0 bridgehead atoms. The summed E-state index contributed by atoms with van der Waals surface area (Å²) < 4.78 is 7.81. The average molecular weight is 325 g/mol. The lowest BCUT2D eigenvalue weighted by atomic mass is 10.2. The van der Waals surface area contributed by atoms with Crippen molar-refractivity contribution in [1.29, 1.82) is 0 Å². The van der Waals surface area contributed by atoms with E-state index >= 15 is 0 Å². The molecule has 2 heterocycles. The van der Waals surface area contributed by atoms with Crippen LogP contribution in [0.4, 0.5) is 5.82 Å². The molecule has 24 heavy (non-hydrogen) atoms. The molecule has 0 spiro atoms. The van der Waals surface area contributed by atoms with Gasteiger partial charge < -0.3 is 10.1 Å². The lowest BCUT2D eigenvalue weighted by Crippen LogP contribution is -2.26. The third-order valence-electron chi connectivity index (χ3n) is 3.93. The Labute approximate surface area is 141 Å². The molecule has 6 nitrogen and oxygen atoms in total. The Morgan fingerprint density at radius 2 is 2.12 bits per heavy atom. The molecule has 0 saturated heterocycles. The molecule has 2 aromatic heterocycles. The number of ether oxygens (including phenoxy) is 1. The van der Waals surface area contributed by atoms with Gasteiger partial charge in [-0.3, -0.25) is 0 Å². The Kier molecular flexibility index (Phi) is 4.93. The molecule has 0 aliphatic rings. The monoisotopic (exact) mass is 325 g/mol. The predicted octanol–water partition coefficient (Wildman–Crippen LogP) is 3.26. The Balaban J connectivity index is 1.72. The molecule has 0 aliphatic carbocycles. The molecular weight excluding hydrogens is 302 g/mol. The summed E-state index contributed by atoms with van der Waals surface area (Å²) in [6, 6.07) is 10.1. The van der Waals surface area contributed by atoms with Gasteiger partial charge in [-0.15, -0.1) is 0 Å². The Morgan fingerprint density at radius 1 is 1.25 bits per heavy atom. The van der Waals surface area contributed by atoms with E-state index in [1.807, 2.05) is 18.2 Å². The highest BCUT2D eigenvalue weighted by Gasteiger charge is 2.11. The van der Waals surface area contributed by atoms with Crippen molar-refractivity contribution >= 4 is 11.6 Å². The number of nitrogens with one attached hydrogen (secondary N) is 1. The minimum absolute atomic E-state index is 0.0728. The number of hydrogen-bond donors (Lipinski definition) is 1. The summed E-state index contributed by atoms with van der Waals surface area (Å²) in [7, 11) is 0. The van der Waals surface area contributed by atoms with E-state index in [2.05, 4.69) is 53.3 Å². The van der Waals surface area contributed by atoms with Crippen molar-refractivity contribution in [3.05, 3.63) is 47.9 Å². The minimum Gasteiger partial charge on any atom is -0.489 e. The van der Waals surface area contributed by atoms with Crippen LogP contribution < -0.4 is 10.1 Å². The second-order valence-electron chi connectivity index (χ2n) is 5.80. The number of aryl methyl sites for hydroxylation is 2. The van der Waals surface area contributed by atoms with E-state index < -0.39 is 0 Å². The van der Waals surface area contributed by atoms with Crippen LogP contribution in [0.25, 0.3) is 5.78 Å². The van der Waals surface area contributed by atoms with Gasteiger partial charge in [0.1, 0.15) is 24.0 Å². The molecular formula is C18H23N5O. The van der Waals surface area contributed by atoms with E-state index in [0.29, 0.717) is 12.3 Å². The molecule has 0 amide bonds. The summed E-state index contributed by atoms with van der Waals surface area (Å²) in [4.78, 5) is 8.64. The fourth-order valence-electron chi connectivity index (χ4n) is 2.54. The first-order chi connectivity index (χ1) is 11.7. The molecule has 1 N–H and O–H groups in total. The minimum atomic E-state index is 0.0728. The van der Waals surface area contributed by atoms with E-state index in [-0.39, 0.29) is 6.10 Å². The van der Waals surface area contributed by atoms with E-state index in [4.69, 9.17) is 4.74 Å². The number of benzene rings is 1. The largest absolute Gasteiger partial charge is 0.489 e. The van der Waals surface area contributed by atoms with Gasteiger partial charge in [-0.2, -0.15) is 14.6 Å². The Hall–Kier alpha value is -2.63. The molecule has 6 heteroatoms. The van der Waals surface area contributed by atoms with E-state index in [9.17, 15) is 0 Å². The highest BCUT2D eigenvalue weighted by atomic mass is 16.5. The standard InChI is InChI=1S/C18H23N5O/c1-4-14-10-17(23-18(22-14)20-12-21-23)19-11-15(5-2)24-16-8-6-7-13(3)9-16/h6-10,12,15,19H,4-5,11H2,1-3H3. The van der Waals surface area contributed by atoms with Gasteiger partial charge in [0.25, 0.3) is 5.78 Å². The first kappa shape index (κ1) is 16.2. The molecule has 1 atom stereocenters. The van der Waals surface area contributed by atoms with E-state index in [0.717, 1.165) is 30.1 Å². The van der Waals surface area contributed by atoms with Crippen LogP contribution >= 0.6 is 0 Å². The van der Waals surface area contributed by atoms with Crippen molar-refractivity contribution in [2.24, 2.45) is 0 Å². The molecule has 1 unspecified atom stereocenters. The molecule has 0 saturated carbocycles. The lowest BCUT2D eigenvalue weighted by Gasteiger charge is -2.19. The number of anilines is 1. The number of hydrogen-bond acceptors (Lipinski definition) is 5. The van der Waals surface area contributed by atoms with Crippen molar-refractivity contribution in [3.8, 4) is 5.75 Å².